The Morgan fingerprint density at radius 3 is 1.28 bits per heavy atom. The molecule has 146 heavy (non-hydrogen) atoms. The normalized spacial score (nSPS) is 12.9. The van der Waals surface area contributed by atoms with E-state index in [4.69, 9.17) is 23.7 Å². The van der Waals surface area contributed by atoms with Crippen LogP contribution in [0.2, 0.25) is 0 Å². The van der Waals surface area contributed by atoms with E-state index in [9.17, 15) is 38.4 Å². The predicted octanol–water partition coefficient (Wildman–Crippen LogP) is 31.9. The van der Waals surface area contributed by atoms with Gasteiger partial charge in [-0.05, 0) is 181 Å². The lowest BCUT2D eigenvalue weighted by Crippen LogP contribution is -2.25. The van der Waals surface area contributed by atoms with Crippen LogP contribution in [0.1, 0.15) is 176 Å². The van der Waals surface area contributed by atoms with Gasteiger partial charge >= 0.3 is 17.9 Å². The number of hydrogen-bond donors (Lipinski definition) is 0. The lowest BCUT2D eigenvalue weighted by Gasteiger charge is -2.19. The number of fused-ring (bicyclic) bond motifs is 6. The van der Waals surface area contributed by atoms with Crippen LogP contribution in [0.5, 0.6) is 17.2 Å². The largest absolute Gasteiger partial charge is 0.492 e. The van der Waals surface area contributed by atoms with Gasteiger partial charge in [-0.25, -0.2) is 14.4 Å². The second-order valence-corrected chi connectivity index (χ2v) is 43.9. The summed E-state index contributed by atoms with van der Waals surface area (Å²) < 4.78 is 31.9. The number of carbonyl (C=O) groups excluding carboxylic acids is 7. The van der Waals surface area contributed by atoms with Gasteiger partial charge in [0.1, 0.15) is 32.6 Å². The first-order valence-electron chi connectivity index (χ1n) is 48.5. The third-order valence-electron chi connectivity index (χ3n) is 23.9. The number of Topliss-reactive ketones (excluding diaryl/α,β-unsaturated/α-hetero) is 3. The minimum absolute atomic E-state index is 0.0118. The number of allylic oxidation sites excluding steroid dienone is 3. The van der Waals surface area contributed by atoms with Crippen LogP contribution in [0.25, 0.3) is 57.1 Å². The summed E-state index contributed by atoms with van der Waals surface area (Å²) in [5.74, 6) is -0.606. The van der Waals surface area contributed by atoms with Crippen molar-refractivity contribution < 1.29 is 57.2 Å². The maximum atomic E-state index is 13.4. The molecule has 1 aromatic heterocycles. The second kappa shape index (κ2) is 51.4. The minimum atomic E-state index is -0.831. The van der Waals surface area contributed by atoms with Gasteiger partial charge in [0, 0.05) is 123 Å². The van der Waals surface area contributed by atoms with Gasteiger partial charge in [0.25, 0.3) is 0 Å². The molecule has 0 fully saturated rings. The molecule has 15 nitrogen and oxygen atoms in total. The number of unbranched alkanes of at least 4 members (excludes halogenated alkanes) is 2. The molecule has 0 saturated carbocycles. The van der Waals surface area contributed by atoms with Gasteiger partial charge < -0.3 is 33.5 Å². The maximum Gasteiger partial charge on any atom is 0.349 e. The van der Waals surface area contributed by atoms with Gasteiger partial charge in [0.2, 0.25) is 5.78 Å². The van der Waals surface area contributed by atoms with Crippen molar-refractivity contribution in [2.24, 2.45) is 0 Å². The number of hydrogen-bond acceptors (Lipinski definition) is 22. The molecule has 5 heterocycles. The van der Waals surface area contributed by atoms with Gasteiger partial charge in [0.05, 0.1) is 50.3 Å². The number of anilines is 2. The number of ether oxygens (including phenoxy) is 5. The Kier molecular flexibility index (Phi) is 38.0. The van der Waals surface area contributed by atoms with Crippen molar-refractivity contribution in [1.82, 2.24) is 0 Å². The Labute approximate surface area is 884 Å². The Hall–Kier alpha value is -13.7. The van der Waals surface area contributed by atoms with E-state index in [1.165, 1.54) is 77.0 Å². The highest BCUT2D eigenvalue weighted by Gasteiger charge is 2.41. The predicted molar refractivity (Wildman–Crippen MR) is 614 cm³/mol. The van der Waals surface area contributed by atoms with E-state index >= 15 is 0 Å². The van der Waals surface area contributed by atoms with E-state index in [1.807, 2.05) is 183 Å². The number of esters is 3. The Morgan fingerprint density at radius 2 is 0.836 bits per heavy atom. The molecule has 0 N–H and O–H groups in total. The van der Waals surface area contributed by atoms with Crippen LogP contribution in [-0.4, -0.2) is 95.7 Å². The van der Waals surface area contributed by atoms with E-state index in [0.29, 0.717) is 28.2 Å². The number of benzene rings is 14. The molecule has 0 unspecified atom stereocenters. The smallest absolute Gasteiger partial charge is 0.349 e. The molecule has 19 rings (SSSR count). The molecule has 0 bridgehead atoms. The van der Waals surface area contributed by atoms with Crippen LogP contribution in [0.4, 0.5) is 11.4 Å². The summed E-state index contributed by atoms with van der Waals surface area (Å²) in [6.45, 7) is 26.8. The third kappa shape index (κ3) is 26.6. The molecule has 0 aliphatic carbocycles. The monoisotopic (exact) mass is 2060 g/mol. The topological polar surface area (TPSA) is 189 Å². The van der Waals surface area contributed by atoms with E-state index in [0.717, 1.165) is 147 Å². The summed E-state index contributed by atoms with van der Waals surface area (Å²) in [6.07, 6.45) is 4.40. The molecule has 0 amide bonds. The average molecular weight is 2070 g/mol. The fourth-order valence-electron chi connectivity index (χ4n) is 15.7. The highest BCUT2D eigenvalue weighted by molar-refractivity contribution is 8.34. The highest BCUT2D eigenvalue weighted by Crippen LogP contribution is 2.60. The van der Waals surface area contributed by atoms with Crippen LogP contribution in [0.15, 0.2) is 394 Å². The Bertz CT molecular complexity index is 7240. The van der Waals surface area contributed by atoms with Crippen molar-refractivity contribution in [2.45, 2.75) is 116 Å². The lowest BCUT2D eigenvalue weighted by molar-refractivity contribution is -0.140. The lowest BCUT2D eigenvalue weighted by atomic mass is 9.87. The van der Waals surface area contributed by atoms with E-state index in [-0.39, 0.29) is 77.9 Å². The van der Waals surface area contributed by atoms with Gasteiger partial charge in [0.15, 0.2) is 22.8 Å². The summed E-state index contributed by atoms with van der Waals surface area (Å²) in [6, 6.07) is 109. The molecule has 0 saturated heterocycles. The zero-order valence-electron chi connectivity index (χ0n) is 84.3. The van der Waals surface area contributed by atoms with Crippen molar-refractivity contribution in [3.8, 4) is 17.2 Å². The van der Waals surface area contributed by atoms with Crippen LogP contribution < -0.4 is 29.4 Å². The molecule has 4 aliphatic rings. The van der Waals surface area contributed by atoms with E-state index in [1.54, 1.807) is 67.6 Å². The zero-order chi connectivity index (χ0) is 104. The van der Waals surface area contributed by atoms with E-state index < -0.39 is 23.7 Å². The third-order valence-corrected chi connectivity index (χ3v) is 33.0. The number of thioether (sulfide) groups is 6. The number of ketones is 4. The SMILES string of the molecule is C=C(C(C)=C1SC(c2ccccc2)=C(c2ccccc2)S1)c1ccccc1.CC(C)(C)c1ccc2c(c1)SC(=C(C(=O)c1ccccc1)C(=O)c1ccccc1)S2.CC(C)c1ccc2sc3ccccc3c(=O)c2c1.CCCCOc1c2ccccc2c(OCCCC)c2ccccc12.CCOC(=O)C1=C(C(=O)OCC)SC(=C2C(=O)Oc3ccccc3C2=O)S1.CN(C)c1ccc(C(=O)c2ccc(N(C)C)cc2)cc1. The summed E-state index contributed by atoms with van der Waals surface area (Å²) in [4.78, 5) is 110. The fourth-order valence-corrected chi connectivity index (χ4v) is 24.6. The van der Waals surface area contributed by atoms with Gasteiger partial charge in [-0.2, -0.15) is 0 Å². The van der Waals surface area contributed by atoms with Crippen molar-refractivity contribution in [1.29, 1.82) is 0 Å². The van der Waals surface area contributed by atoms with E-state index in [2.05, 4.69) is 226 Å². The molecule has 15 aromatic rings. The second-order valence-electron chi connectivity index (χ2n) is 35.9. The quantitative estimate of drug-likeness (QED) is 0.00767. The van der Waals surface area contributed by atoms with Crippen molar-refractivity contribution >= 4 is 191 Å². The standard InChI is InChI=1S/C26H22O2S2.C25H20S2.C22H26O2.C18H14O7S2.C17H20N2O.C16H14OS/c1-26(2,3)19-14-15-20-21(16-19)30-25(29-20)22(23(27)17-10-6-4-7-11-17)24(28)18-12-8-5-9-13-18;1-18(20-12-6-3-7-13-20)19(2)25-26-23(21-14-8-4-9-15-21)24(27-25)22-16-10-5-11-17-22;1-3-5-15-23-21-17-11-7-9-13-19(17)22(24-16-6-4-2)20-14-10-8-12-18(20)21;1-3-23-16(21)13-14(17(22)24-4-2)27-18(26-13)11-12(19)9-7-5-6-8-10(9)25-15(11)20;1-18(2)15-9-5-13(6-10-15)17(20)14-7-11-16(12-8-14)19(3)4;1-10(2)11-7-8-15-13(9-11)16(17)12-5-3-4-6-14(12)18-15/h4-16H,1-3H3;3-17H,1H2,2H3;7-14H,3-6,15-16H2,1-2H3;5-8H,3-4H2,1-2H3;5-12H,1-4H3;3-10H,1-2H3. The summed E-state index contributed by atoms with van der Waals surface area (Å²) in [5, 5.41) is 6.23. The summed E-state index contributed by atoms with van der Waals surface area (Å²) in [7, 11) is 7.93. The van der Waals surface area contributed by atoms with Crippen LogP contribution in [0.3, 0.4) is 0 Å². The zero-order valence-corrected chi connectivity index (χ0v) is 90.0. The molecule has 0 atom stereocenters. The van der Waals surface area contributed by atoms with Crippen LogP contribution >= 0.6 is 81.9 Å². The molecule has 4 aliphatic heterocycles. The molecular formula is C124H116N2O13S7. The van der Waals surface area contributed by atoms with Crippen molar-refractivity contribution in [2.75, 3.05) is 64.4 Å². The number of para-hydroxylation sites is 1. The summed E-state index contributed by atoms with van der Waals surface area (Å²) in [5.41, 5.74) is 13.6. The minimum Gasteiger partial charge on any atom is -0.492 e. The molecule has 22 heteroatoms. The number of rotatable bonds is 25. The van der Waals surface area contributed by atoms with Crippen LogP contribution in [-0.2, 0) is 29.3 Å². The average Bonchev–Trinajstić information content (AvgIpc) is 0.762. The van der Waals surface area contributed by atoms with Gasteiger partial charge in [-0.1, -0.05) is 375 Å². The molecule has 14 aromatic carbocycles. The van der Waals surface area contributed by atoms with Crippen LogP contribution in [0, 0.1) is 0 Å². The number of nitrogens with zero attached hydrogens (tertiary/aromatic N) is 2. The maximum absolute atomic E-state index is 13.4. The van der Waals surface area contributed by atoms with Gasteiger partial charge in [-0.3, -0.25) is 24.0 Å². The molecule has 742 valence electrons. The Morgan fingerprint density at radius 1 is 0.418 bits per heavy atom. The molecule has 0 spiro atoms. The number of carbonyl (C=O) groups is 7. The van der Waals surface area contributed by atoms with Gasteiger partial charge in [-0.15, -0.1) is 11.3 Å². The first-order valence-corrected chi connectivity index (χ1v) is 54.2. The van der Waals surface area contributed by atoms with Crippen molar-refractivity contribution in [3.05, 3.63) is 445 Å². The molecular weight excluding hydrogens is 1950 g/mol. The van der Waals surface area contributed by atoms with Crippen molar-refractivity contribution in [3.63, 3.8) is 0 Å². The molecule has 0 radical (unpaired) electrons. The Balaban J connectivity index is 0.000000140. The highest BCUT2D eigenvalue weighted by atomic mass is 32.2. The fraction of sp³-hybridized carbons (Fsp3) is 0.194. The first-order chi connectivity index (χ1) is 70.6. The first kappa shape index (κ1) is 108. The summed E-state index contributed by atoms with van der Waals surface area (Å²) >= 11 is 10.1.